The van der Waals surface area contributed by atoms with E-state index in [0.717, 1.165) is 0 Å². The summed E-state index contributed by atoms with van der Waals surface area (Å²) >= 11 is -2.14. The lowest BCUT2D eigenvalue weighted by Gasteiger charge is -2.27. The van der Waals surface area contributed by atoms with Crippen LogP contribution in [0.3, 0.4) is 0 Å². The first-order valence-corrected chi connectivity index (χ1v) is 7.16. The lowest BCUT2D eigenvalue weighted by Crippen LogP contribution is -2.46. The number of nitrogens with zero attached hydrogens (tertiary/aromatic N) is 2. The molecular weight excluding hydrogens is 286 g/mol. The SMILES string of the molecule is CC(C)(C)OC(=O)N[C@@H]1COc2c(S(=O)O)cnn2C1. The van der Waals surface area contributed by atoms with Gasteiger partial charge in [0.2, 0.25) is 5.88 Å². The van der Waals surface area contributed by atoms with Crippen LogP contribution in [0.5, 0.6) is 5.88 Å². The topological polar surface area (TPSA) is 103 Å². The van der Waals surface area contributed by atoms with Crippen molar-refractivity contribution in [1.29, 1.82) is 0 Å². The monoisotopic (exact) mass is 303 g/mol. The average Bonchev–Trinajstić information content (AvgIpc) is 2.68. The summed E-state index contributed by atoms with van der Waals surface area (Å²) in [5.41, 5.74) is -0.572. The van der Waals surface area contributed by atoms with Crippen LogP contribution >= 0.6 is 0 Å². The Morgan fingerprint density at radius 1 is 1.65 bits per heavy atom. The largest absolute Gasteiger partial charge is 0.475 e. The van der Waals surface area contributed by atoms with Gasteiger partial charge in [-0.3, -0.25) is 0 Å². The molecule has 0 radical (unpaired) electrons. The number of rotatable bonds is 2. The Hall–Kier alpha value is -1.61. The third-order valence-electron chi connectivity index (χ3n) is 2.48. The highest BCUT2D eigenvalue weighted by Crippen LogP contribution is 2.24. The van der Waals surface area contributed by atoms with Gasteiger partial charge in [0.15, 0.2) is 11.1 Å². The zero-order valence-corrected chi connectivity index (χ0v) is 12.3. The highest BCUT2D eigenvalue weighted by Gasteiger charge is 2.27. The highest BCUT2D eigenvalue weighted by molar-refractivity contribution is 7.79. The number of carbonyl (C=O) groups excluding carboxylic acids is 1. The zero-order chi connectivity index (χ0) is 14.9. The van der Waals surface area contributed by atoms with Crippen LogP contribution in [0.4, 0.5) is 4.79 Å². The van der Waals surface area contributed by atoms with Crippen molar-refractivity contribution in [3.8, 4) is 5.88 Å². The minimum atomic E-state index is -2.14. The molecule has 0 bridgehead atoms. The molecule has 0 saturated carbocycles. The van der Waals surface area contributed by atoms with E-state index < -0.39 is 22.8 Å². The summed E-state index contributed by atoms with van der Waals surface area (Å²) in [5.74, 6) is 0.257. The van der Waals surface area contributed by atoms with Crippen LogP contribution < -0.4 is 10.1 Å². The number of aromatic nitrogens is 2. The number of hydrogen-bond acceptors (Lipinski definition) is 5. The Bertz CT molecular complexity index is 537. The normalized spacial score (nSPS) is 19.7. The molecule has 1 unspecified atom stereocenters. The van der Waals surface area contributed by atoms with Crippen molar-refractivity contribution in [3.63, 3.8) is 0 Å². The molecule has 0 saturated heterocycles. The van der Waals surface area contributed by atoms with Gasteiger partial charge in [0, 0.05) is 0 Å². The van der Waals surface area contributed by atoms with Crippen LogP contribution in [-0.4, -0.2) is 42.9 Å². The number of ether oxygens (including phenoxy) is 2. The Morgan fingerprint density at radius 3 is 2.95 bits per heavy atom. The maximum Gasteiger partial charge on any atom is 0.408 e. The lowest BCUT2D eigenvalue weighted by atomic mass is 10.2. The molecule has 8 nitrogen and oxygen atoms in total. The molecule has 2 N–H and O–H groups in total. The van der Waals surface area contributed by atoms with E-state index in [1.807, 2.05) is 0 Å². The van der Waals surface area contributed by atoms with Crippen molar-refractivity contribution < 1.29 is 23.0 Å². The molecule has 2 atom stereocenters. The van der Waals surface area contributed by atoms with Crippen LogP contribution in [-0.2, 0) is 22.4 Å². The molecule has 1 aromatic rings. The fraction of sp³-hybridized carbons (Fsp3) is 0.636. The summed E-state index contributed by atoms with van der Waals surface area (Å²) in [6.45, 7) is 5.87. The summed E-state index contributed by atoms with van der Waals surface area (Å²) in [7, 11) is 0. The maximum atomic E-state index is 11.6. The molecule has 112 valence electrons. The maximum absolute atomic E-state index is 11.6. The first kappa shape index (κ1) is 14.8. The molecule has 1 aromatic heterocycles. The summed E-state index contributed by atoms with van der Waals surface area (Å²) in [6.07, 6.45) is 0.744. The molecule has 1 aliphatic heterocycles. The summed E-state index contributed by atoms with van der Waals surface area (Å²) < 4.78 is 32.1. The number of hydrogen-bond donors (Lipinski definition) is 2. The first-order valence-electron chi connectivity index (χ1n) is 6.05. The van der Waals surface area contributed by atoms with Gasteiger partial charge in [-0.15, -0.1) is 0 Å². The van der Waals surface area contributed by atoms with E-state index in [1.165, 1.54) is 10.9 Å². The van der Waals surface area contributed by atoms with Crippen LogP contribution in [0.15, 0.2) is 11.1 Å². The van der Waals surface area contributed by atoms with Crippen LogP contribution in [0.2, 0.25) is 0 Å². The van der Waals surface area contributed by atoms with Crippen LogP contribution in [0.1, 0.15) is 20.8 Å². The van der Waals surface area contributed by atoms with Gasteiger partial charge in [0.1, 0.15) is 17.1 Å². The number of amides is 1. The third kappa shape index (κ3) is 3.48. The molecule has 9 heteroatoms. The lowest BCUT2D eigenvalue weighted by molar-refractivity contribution is 0.0459. The molecule has 20 heavy (non-hydrogen) atoms. The average molecular weight is 303 g/mol. The summed E-state index contributed by atoms with van der Waals surface area (Å²) in [4.78, 5) is 11.8. The summed E-state index contributed by atoms with van der Waals surface area (Å²) in [5, 5.41) is 6.63. The van der Waals surface area contributed by atoms with E-state index in [0.29, 0.717) is 6.54 Å². The van der Waals surface area contributed by atoms with E-state index in [-0.39, 0.29) is 23.4 Å². The molecular formula is C11H17N3O5S. The number of alkyl carbamates (subject to hydrolysis) is 1. The molecule has 2 rings (SSSR count). The highest BCUT2D eigenvalue weighted by atomic mass is 32.2. The van der Waals surface area contributed by atoms with Gasteiger partial charge in [0.05, 0.1) is 18.8 Å². The van der Waals surface area contributed by atoms with Gasteiger partial charge in [-0.2, -0.15) is 5.10 Å². The second-order valence-corrected chi connectivity index (χ2v) is 6.34. The number of nitrogens with one attached hydrogen (secondary N) is 1. The van der Waals surface area contributed by atoms with E-state index in [4.69, 9.17) is 14.0 Å². The van der Waals surface area contributed by atoms with Crippen molar-refractivity contribution in [2.75, 3.05) is 6.61 Å². The molecule has 0 spiro atoms. The second-order valence-electron chi connectivity index (χ2n) is 5.40. The molecule has 1 amide bonds. The molecule has 0 aliphatic carbocycles. The minimum absolute atomic E-state index is 0.126. The minimum Gasteiger partial charge on any atom is -0.475 e. The standard InChI is InChI=1S/C11H17N3O5S/c1-11(2,3)19-10(15)13-7-5-14-9(18-6-7)8(4-12-14)20(16)17/h4,7H,5-6H2,1-3H3,(H,13,15)(H,16,17)/t7-/m0/s1. The van der Waals surface area contributed by atoms with Crippen LogP contribution in [0, 0.1) is 0 Å². The Kier molecular flexibility index (Phi) is 4.00. The van der Waals surface area contributed by atoms with Crippen molar-refractivity contribution in [1.82, 2.24) is 15.1 Å². The van der Waals surface area contributed by atoms with Crippen molar-refractivity contribution in [3.05, 3.63) is 6.20 Å². The van der Waals surface area contributed by atoms with Gasteiger partial charge in [-0.25, -0.2) is 13.7 Å². The van der Waals surface area contributed by atoms with Gasteiger partial charge in [-0.05, 0) is 20.8 Å². The fourth-order valence-corrected chi connectivity index (χ4v) is 2.21. The van der Waals surface area contributed by atoms with Crippen LogP contribution in [0.25, 0.3) is 0 Å². The third-order valence-corrected chi connectivity index (χ3v) is 3.14. The Labute approximate surface area is 118 Å². The summed E-state index contributed by atoms with van der Waals surface area (Å²) in [6, 6.07) is -0.308. The predicted molar refractivity (Wildman–Crippen MR) is 69.9 cm³/mol. The zero-order valence-electron chi connectivity index (χ0n) is 11.5. The molecule has 1 aliphatic rings. The number of fused-ring (bicyclic) bond motifs is 1. The van der Waals surface area contributed by atoms with E-state index in [2.05, 4.69) is 10.4 Å². The molecule has 0 aromatic carbocycles. The van der Waals surface area contributed by atoms with Crippen molar-refractivity contribution in [2.24, 2.45) is 0 Å². The van der Waals surface area contributed by atoms with Crippen molar-refractivity contribution in [2.45, 2.75) is 43.9 Å². The Balaban J connectivity index is 1.98. The fourth-order valence-electron chi connectivity index (χ4n) is 1.75. The smallest absolute Gasteiger partial charge is 0.408 e. The van der Waals surface area contributed by atoms with Crippen molar-refractivity contribution >= 4 is 17.2 Å². The molecule has 0 fully saturated rings. The Morgan fingerprint density at radius 2 is 2.35 bits per heavy atom. The first-order chi connectivity index (χ1) is 9.26. The van der Waals surface area contributed by atoms with E-state index >= 15 is 0 Å². The van der Waals surface area contributed by atoms with E-state index in [1.54, 1.807) is 20.8 Å². The van der Waals surface area contributed by atoms with Gasteiger partial charge < -0.3 is 19.3 Å². The van der Waals surface area contributed by atoms with Gasteiger partial charge in [-0.1, -0.05) is 0 Å². The molecule has 2 heterocycles. The predicted octanol–water partition coefficient (Wildman–Crippen LogP) is 0.749. The van der Waals surface area contributed by atoms with Gasteiger partial charge >= 0.3 is 6.09 Å². The van der Waals surface area contributed by atoms with E-state index in [9.17, 15) is 9.00 Å². The van der Waals surface area contributed by atoms with Gasteiger partial charge in [0.25, 0.3) is 0 Å². The quantitative estimate of drug-likeness (QED) is 0.782. The number of carbonyl (C=O) groups is 1. The second kappa shape index (κ2) is 5.41.